The van der Waals surface area contributed by atoms with E-state index in [0.29, 0.717) is 17.9 Å². The van der Waals surface area contributed by atoms with Gasteiger partial charge in [-0.15, -0.1) is 0 Å². The molecule has 0 bridgehead atoms. The van der Waals surface area contributed by atoms with Crippen molar-refractivity contribution in [3.05, 3.63) is 59.7 Å². The van der Waals surface area contributed by atoms with Gasteiger partial charge in [-0.05, 0) is 49.1 Å². The maximum atomic E-state index is 12.7. The van der Waals surface area contributed by atoms with Crippen molar-refractivity contribution in [2.24, 2.45) is 0 Å². The van der Waals surface area contributed by atoms with E-state index in [1.54, 1.807) is 42.5 Å². The predicted molar refractivity (Wildman–Crippen MR) is 96.9 cm³/mol. The quantitative estimate of drug-likeness (QED) is 0.808. The first-order valence-electron chi connectivity index (χ1n) is 8.37. The lowest BCUT2D eigenvalue weighted by Crippen LogP contribution is -2.44. The van der Waals surface area contributed by atoms with Gasteiger partial charge in [-0.3, -0.25) is 4.79 Å². The normalized spacial score (nSPS) is 16.2. The van der Waals surface area contributed by atoms with Gasteiger partial charge in [-0.25, -0.2) is 13.1 Å². The predicted octanol–water partition coefficient (Wildman–Crippen LogP) is 2.33. The molecule has 1 heterocycles. The molecule has 0 saturated heterocycles. The number of carboxylic acids is 1. The standard InChI is InChI=1S/C19H21NO5S/c1-19(18(21)22,15-7-3-2-4-8-15)13-20-26(23,24)16-9-10-17-14(12-16)6-5-11-25-17/h2-4,7-10,12,20H,5-6,11,13H2,1H3,(H,21,22). The summed E-state index contributed by atoms with van der Waals surface area (Å²) < 4.78 is 33.3. The maximum Gasteiger partial charge on any atom is 0.315 e. The molecule has 0 spiro atoms. The smallest absolute Gasteiger partial charge is 0.315 e. The van der Waals surface area contributed by atoms with Crippen molar-refractivity contribution in [3.63, 3.8) is 0 Å². The van der Waals surface area contributed by atoms with Crippen LogP contribution in [-0.4, -0.2) is 32.6 Å². The molecule has 0 saturated carbocycles. The molecule has 1 unspecified atom stereocenters. The second-order valence-corrected chi connectivity index (χ2v) is 8.32. The molecule has 138 valence electrons. The van der Waals surface area contributed by atoms with E-state index in [4.69, 9.17) is 4.74 Å². The second kappa shape index (κ2) is 7.09. The topological polar surface area (TPSA) is 92.7 Å². The average molecular weight is 375 g/mol. The van der Waals surface area contributed by atoms with Crippen molar-refractivity contribution >= 4 is 16.0 Å². The van der Waals surface area contributed by atoms with Crippen LogP contribution in [0.2, 0.25) is 0 Å². The van der Waals surface area contributed by atoms with E-state index in [1.165, 1.54) is 13.0 Å². The van der Waals surface area contributed by atoms with Crippen molar-refractivity contribution in [2.75, 3.05) is 13.2 Å². The number of aliphatic carboxylic acids is 1. The van der Waals surface area contributed by atoms with E-state index in [9.17, 15) is 18.3 Å². The van der Waals surface area contributed by atoms with Gasteiger partial charge in [0.2, 0.25) is 10.0 Å². The molecule has 26 heavy (non-hydrogen) atoms. The Balaban J connectivity index is 1.84. The second-order valence-electron chi connectivity index (χ2n) is 6.55. The summed E-state index contributed by atoms with van der Waals surface area (Å²) in [4.78, 5) is 11.9. The number of benzene rings is 2. The molecule has 3 rings (SSSR count). The Bertz CT molecular complexity index is 911. The van der Waals surface area contributed by atoms with E-state index < -0.39 is 21.4 Å². The van der Waals surface area contributed by atoms with Gasteiger partial charge >= 0.3 is 5.97 Å². The Labute approximate surface area is 152 Å². The van der Waals surface area contributed by atoms with Crippen LogP contribution in [0.3, 0.4) is 0 Å². The van der Waals surface area contributed by atoms with E-state index in [-0.39, 0.29) is 11.4 Å². The van der Waals surface area contributed by atoms with Crippen LogP contribution < -0.4 is 9.46 Å². The number of rotatable bonds is 6. The Morgan fingerprint density at radius 1 is 1.23 bits per heavy atom. The van der Waals surface area contributed by atoms with Gasteiger partial charge in [0.25, 0.3) is 0 Å². The first kappa shape index (κ1) is 18.4. The molecule has 1 atom stereocenters. The maximum absolute atomic E-state index is 12.7. The lowest BCUT2D eigenvalue weighted by molar-refractivity contribution is -0.142. The minimum Gasteiger partial charge on any atom is -0.493 e. The fraction of sp³-hybridized carbons (Fsp3) is 0.316. The lowest BCUT2D eigenvalue weighted by atomic mass is 9.83. The fourth-order valence-electron chi connectivity index (χ4n) is 2.93. The van der Waals surface area contributed by atoms with Crippen LogP contribution in [-0.2, 0) is 26.7 Å². The van der Waals surface area contributed by atoms with Crippen molar-refractivity contribution in [3.8, 4) is 5.75 Å². The zero-order valence-corrected chi connectivity index (χ0v) is 15.3. The monoisotopic (exact) mass is 375 g/mol. The Hall–Kier alpha value is -2.38. The van der Waals surface area contributed by atoms with Gasteiger partial charge in [-0.2, -0.15) is 0 Å². The molecule has 6 nitrogen and oxygen atoms in total. The molecule has 0 aliphatic carbocycles. The van der Waals surface area contributed by atoms with Crippen molar-refractivity contribution in [2.45, 2.75) is 30.1 Å². The summed E-state index contributed by atoms with van der Waals surface area (Å²) in [7, 11) is -3.84. The molecule has 1 aliphatic rings. The van der Waals surface area contributed by atoms with Gasteiger partial charge in [0, 0.05) is 6.54 Å². The van der Waals surface area contributed by atoms with Crippen molar-refractivity contribution in [1.82, 2.24) is 4.72 Å². The molecule has 0 aromatic heterocycles. The third kappa shape index (κ3) is 3.59. The van der Waals surface area contributed by atoms with Crippen LogP contribution >= 0.6 is 0 Å². The van der Waals surface area contributed by atoms with E-state index in [0.717, 1.165) is 18.4 Å². The van der Waals surface area contributed by atoms with Crippen molar-refractivity contribution in [1.29, 1.82) is 0 Å². The van der Waals surface area contributed by atoms with Crippen LogP contribution in [0.25, 0.3) is 0 Å². The number of ether oxygens (including phenoxy) is 1. The SMILES string of the molecule is CC(CNS(=O)(=O)c1ccc2c(c1)CCCO2)(C(=O)O)c1ccccc1. The Kier molecular flexibility index (Phi) is 5.02. The Morgan fingerprint density at radius 3 is 2.65 bits per heavy atom. The first-order valence-corrected chi connectivity index (χ1v) is 9.85. The van der Waals surface area contributed by atoms with Crippen LogP contribution in [0, 0.1) is 0 Å². The van der Waals surface area contributed by atoms with Gasteiger partial charge in [0.05, 0.1) is 11.5 Å². The number of fused-ring (bicyclic) bond motifs is 1. The summed E-state index contributed by atoms with van der Waals surface area (Å²) in [6, 6.07) is 13.3. The molecule has 1 aliphatic heterocycles. The zero-order valence-electron chi connectivity index (χ0n) is 14.4. The van der Waals surface area contributed by atoms with Crippen LogP contribution in [0.5, 0.6) is 5.75 Å². The molecule has 0 fully saturated rings. The minimum atomic E-state index is -3.84. The van der Waals surface area contributed by atoms with Gasteiger partial charge in [0.15, 0.2) is 0 Å². The summed E-state index contributed by atoms with van der Waals surface area (Å²) >= 11 is 0. The van der Waals surface area contributed by atoms with E-state index in [1.807, 2.05) is 0 Å². The molecule has 2 N–H and O–H groups in total. The van der Waals surface area contributed by atoms with Gasteiger partial charge in [0.1, 0.15) is 11.2 Å². The highest BCUT2D eigenvalue weighted by Crippen LogP contribution is 2.28. The van der Waals surface area contributed by atoms with Gasteiger partial charge in [-0.1, -0.05) is 30.3 Å². The molecular weight excluding hydrogens is 354 g/mol. The highest BCUT2D eigenvalue weighted by atomic mass is 32.2. The molecule has 0 amide bonds. The highest BCUT2D eigenvalue weighted by molar-refractivity contribution is 7.89. The van der Waals surface area contributed by atoms with E-state index in [2.05, 4.69) is 4.72 Å². The first-order chi connectivity index (χ1) is 12.3. The van der Waals surface area contributed by atoms with Crippen LogP contribution in [0.4, 0.5) is 0 Å². The van der Waals surface area contributed by atoms with Crippen molar-refractivity contribution < 1.29 is 23.1 Å². The number of carbonyl (C=O) groups is 1. The summed E-state index contributed by atoms with van der Waals surface area (Å²) in [6.07, 6.45) is 1.60. The van der Waals surface area contributed by atoms with Crippen LogP contribution in [0.15, 0.2) is 53.4 Å². The number of nitrogens with one attached hydrogen (secondary N) is 1. The number of sulfonamides is 1. The average Bonchev–Trinajstić information content (AvgIpc) is 2.66. The zero-order chi connectivity index (χ0) is 18.8. The number of aryl methyl sites for hydroxylation is 1. The lowest BCUT2D eigenvalue weighted by Gasteiger charge is -2.26. The summed E-state index contributed by atoms with van der Waals surface area (Å²) in [5.74, 6) is -0.389. The third-order valence-electron chi connectivity index (χ3n) is 4.69. The summed E-state index contributed by atoms with van der Waals surface area (Å²) in [5.41, 5.74) is 0.0169. The molecule has 0 radical (unpaired) electrons. The molecule has 2 aromatic carbocycles. The Morgan fingerprint density at radius 2 is 1.96 bits per heavy atom. The molecular formula is C19H21NO5S. The highest BCUT2D eigenvalue weighted by Gasteiger charge is 2.36. The number of hydrogen-bond donors (Lipinski definition) is 2. The van der Waals surface area contributed by atoms with Crippen LogP contribution in [0.1, 0.15) is 24.5 Å². The molecule has 7 heteroatoms. The van der Waals surface area contributed by atoms with E-state index >= 15 is 0 Å². The number of carboxylic acid groups (broad SMARTS) is 1. The largest absolute Gasteiger partial charge is 0.493 e. The summed E-state index contributed by atoms with van der Waals surface area (Å²) in [5, 5.41) is 9.66. The molecule has 2 aromatic rings. The fourth-order valence-corrected chi connectivity index (χ4v) is 4.12. The third-order valence-corrected chi connectivity index (χ3v) is 6.09. The summed E-state index contributed by atoms with van der Waals surface area (Å²) in [6.45, 7) is 1.89. The van der Waals surface area contributed by atoms with Gasteiger partial charge < -0.3 is 9.84 Å². The minimum absolute atomic E-state index is 0.113. The number of hydrogen-bond acceptors (Lipinski definition) is 4.